The van der Waals surface area contributed by atoms with E-state index in [0.29, 0.717) is 0 Å². The van der Waals surface area contributed by atoms with Crippen LogP contribution in [0, 0.1) is 5.82 Å². The number of halogens is 2. The van der Waals surface area contributed by atoms with Crippen LogP contribution in [0.25, 0.3) is 0 Å². The Morgan fingerprint density at radius 1 is 1.69 bits per heavy atom. The molecule has 0 saturated carbocycles. The molecule has 0 aliphatic heterocycles. The van der Waals surface area contributed by atoms with Gasteiger partial charge in [0.1, 0.15) is 6.04 Å². The van der Waals surface area contributed by atoms with Crippen molar-refractivity contribution in [2.24, 2.45) is 5.73 Å². The fraction of sp³-hybridized carbons (Fsp3) is 0.300. The molecule has 3 N–H and O–H groups in total. The summed E-state index contributed by atoms with van der Waals surface area (Å²) < 4.78 is 18.5. The highest BCUT2D eigenvalue weighted by Crippen LogP contribution is 2.27. The number of hydrogen-bond donors (Lipinski definition) is 2. The molecule has 1 aromatic carbocycles. The van der Waals surface area contributed by atoms with E-state index in [2.05, 4.69) is 0 Å². The molecule has 0 radical (unpaired) electrons. The van der Waals surface area contributed by atoms with Crippen LogP contribution in [0.2, 0.25) is 5.02 Å². The predicted octanol–water partition coefficient (Wildman–Crippen LogP) is 1.44. The Morgan fingerprint density at radius 3 is 2.81 bits per heavy atom. The highest BCUT2D eigenvalue weighted by atomic mass is 35.5. The van der Waals surface area contributed by atoms with E-state index in [1.54, 1.807) is 0 Å². The maximum atomic E-state index is 13.7. The van der Waals surface area contributed by atoms with Gasteiger partial charge in [-0.05, 0) is 12.1 Å². The third-order valence-corrected chi connectivity index (χ3v) is 2.47. The Hall–Kier alpha value is -1.33. The van der Waals surface area contributed by atoms with E-state index in [9.17, 15) is 9.18 Å². The third kappa shape index (κ3) is 2.62. The summed E-state index contributed by atoms with van der Waals surface area (Å²) in [7, 11) is 1.31. The summed E-state index contributed by atoms with van der Waals surface area (Å²) in [5.41, 5.74) is 5.36. The summed E-state index contributed by atoms with van der Waals surface area (Å²) in [6.45, 7) is 0. The number of nitrogens with two attached hydrogens (primary N) is 1. The number of rotatable bonds is 4. The van der Waals surface area contributed by atoms with Crippen molar-refractivity contribution in [2.75, 3.05) is 7.11 Å². The number of benzene rings is 1. The zero-order valence-corrected chi connectivity index (χ0v) is 9.29. The van der Waals surface area contributed by atoms with Crippen LogP contribution in [0.5, 0.6) is 5.75 Å². The van der Waals surface area contributed by atoms with Gasteiger partial charge in [-0.25, -0.2) is 4.39 Å². The lowest BCUT2D eigenvalue weighted by Crippen LogP contribution is -2.32. The number of methoxy groups -OCH3 is 1. The van der Waals surface area contributed by atoms with Crippen LogP contribution in [0.1, 0.15) is 5.56 Å². The predicted molar refractivity (Wildman–Crippen MR) is 57.3 cm³/mol. The maximum Gasteiger partial charge on any atom is 0.320 e. The van der Waals surface area contributed by atoms with E-state index >= 15 is 0 Å². The monoisotopic (exact) mass is 247 g/mol. The minimum atomic E-state index is -1.21. The molecule has 0 heterocycles. The smallest absolute Gasteiger partial charge is 0.320 e. The molecule has 1 rings (SSSR count). The Balaban J connectivity index is 3.07. The first kappa shape index (κ1) is 12.7. The van der Waals surface area contributed by atoms with E-state index in [4.69, 9.17) is 27.2 Å². The molecule has 0 aliphatic rings. The minimum Gasteiger partial charge on any atom is -0.494 e. The van der Waals surface area contributed by atoms with Crippen LogP contribution in [0.15, 0.2) is 12.1 Å². The Bertz CT molecular complexity index is 411. The van der Waals surface area contributed by atoms with E-state index in [1.807, 2.05) is 0 Å². The molecule has 88 valence electrons. The fourth-order valence-corrected chi connectivity index (χ4v) is 1.45. The average Bonchev–Trinajstić information content (AvgIpc) is 2.24. The van der Waals surface area contributed by atoms with Crippen LogP contribution in [-0.2, 0) is 11.2 Å². The largest absolute Gasteiger partial charge is 0.494 e. The van der Waals surface area contributed by atoms with Gasteiger partial charge >= 0.3 is 5.97 Å². The normalized spacial score (nSPS) is 12.2. The zero-order chi connectivity index (χ0) is 12.3. The lowest BCUT2D eigenvalue weighted by molar-refractivity contribution is -0.138. The number of carboxylic acids is 1. The van der Waals surface area contributed by atoms with Crippen molar-refractivity contribution in [2.45, 2.75) is 12.5 Å². The Kier molecular flexibility index (Phi) is 4.09. The highest BCUT2D eigenvalue weighted by Gasteiger charge is 2.19. The summed E-state index contributed by atoms with van der Waals surface area (Å²) >= 11 is 5.76. The molecule has 0 saturated heterocycles. The van der Waals surface area contributed by atoms with Crippen molar-refractivity contribution in [3.8, 4) is 5.75 Å². The maximum absolute atomic E-state index is 13.7. The van der Waals surface area contributed by atoms with Crippen molar-refractivity contribution >= 4 is 17.6 Å². The zero-order valence-electron chi connectivity index (χ0n) is 8.54. The lowest BCUT2D eigenvalue weighted by atomic mass is 10.1. The van der Waals surface area contributed by atoms with Crippen molar-refractivity contribution in [1.82, 2.24) is 0 Å². The van der Waals surface area contributed by atoms with Gasteiger partial charge in [0.2, 0.25) is 0 Å². The van der Waals surface area contributed by atoms with E-state index in [-0.39, 0.29) is 22.8 Å². The van der Waals surface area contributed by atoms with Gasteiger partial charge in [0.05, 0.1) is 7.11 Å². The van der Waals surface area contributed by atoms with E-state index in [0.717, 1.165) is 0 Å². The topological polar surface area (TPSA) is 72.5 Å². The molecule has 0 unspecified atom stereocenters. The van der Waals surface area contributed by atoms with E-state index in [1.165, 1.54) is 19.2 Å². The second kappa shape index (κ2) is 5.14. The molecule has 16 heavy (non-hydrogen) atoms. The van der Waals surface area contributed by atoms with Gasteiger partial charge in [-0.15, -0.1) is 0 Å². The Morgan fingerprint density at radius 2 is 2.31 bits per heavy atom. The fourth-order valence-electron chi connectivity index (χ4n) is 1.23. The van der Waals surface area contributed by atoms with Crippen LogP contribution in [0.3, 0.4) is 0 Å². The standard InChI is InChI=1S/C10H11ClFNO3/c1-16-8-3-2-6(11)5(9(8)12)4-7(13)10(14)15/h2-3,7H,4,13H2,1H3,(H,14,15)/t7-/m1/s1. The summed E-state index contributed by atoms with van der Waals surface area (Å²) in [5.74, 6) is -1.87. The summed E-state index contributed by atoms with van der Waals surface area (Å²) in [6, 6.07) is 1.61. The van der Waals surface area contributed by atoms with Crippen LogP contribution in [0.4, 0.5) is 4.39 Å². The molecule has 0 aliphatic carbocycles. The first-order valence-corrected chi connectivity index (χ1v) is 4.84. The molecule has 0 spiro atoms. The van der Waals surface area contributed by atoms with Gasteiger partial charge in [-0.1, -0.05) is 11.6 Å². The molecule has 1 aromatic rings. The Labute approximate surface area is 96.8 Å². The molecule has 0 aromatic heterocycles. The van der Waals surface area contributed by atoms with E-state index < -0.39 is 17.8 Å². The number of carbonyl (C=O) groups is 1. The number of ether oxygens (including phenoxy) is 1. The quantitative estimate of drug-likeness (QED) is 0.845. The van der Waals surface area contributed by atoms with Gasteiger partial charge < -0.3 is 15.6 Å². The summed E-state index contributed by atoms with van der Waals surface area (Å²) in [5, 5.41) is 8.76. The van der Waals surface area contributed by atoms with Gasteiger partial charge in [0.15, 0.2) is 11.6 Å². The van der Waals surface area contributed by atoms with Gasteiger partial charge in [-0.2, -0.15) is 0 Å². The molecule has 0 amide bonds. The van der Waals surface area contributed by atoms with Crippen molar-refractivity contribution in [3.63, 3.8) is 0 Å². The molecule has 0 fully saturated rings. The van der Waals surface area contributed by atoms with Crippen molar-refractivity contribution < 1.29 is 19.0 Å². The molecule has 1 atom stereocenters. The first-order valence-electron chi connectivity index (χ1n) is 4.46. The van der Waals surface area contributed by atoms with Gasteiger partial charge in [0, 0.05) is 17.0 Å². The number of aliphatic carboxylic acids is 1. The molecular formula is C10H11ClFNO3. The second-order valence-corrected chi connectivity index (χ2v) is 3.60. The molecular weight excluding hydrogens is 237 g/mol. The van der Waals surface area contributed by atoms with Crippen LogP contribution < -0.4 is 10.5 Å². The molecule has 6 heteroatoms. The molecule has 0 bridgehead atoms. The average molecular weight is 248 g/mol. The minimum absolute atomic E-state index is 0.0111. The van der Waals surface area contributed by atoms with Gasteiger partial charge in [0.25, 0.3) is 0 Å². The lowest BCUT2D eigenvalue weighted by Gasteiger charge is -2.11. The van der Waals surface area contributed by atoms with Gasteiger partial charge in [-0.3, -0.25) is 4.79 Å². The third-order valence-electron chi connectivity index (χ3n) is 2.11. The summed E-state index contributed by atoms with van der Waals surface area (Å²) in [4.78, 5) is 10.6. The van der Waals surface area contributed by atoms with Crippen molar-refractivity contribution in [1.29, 1.82) is 0 Å². The molecule has 4 nitrogen and oxygen atoms in total. The second-order valence-electron chi connectivity index (χ2n) is 3.19. The number of hydrogen-bond acceptors (Lipinski definition) is 3. The first-order chi connectivity index (χ1) is 7.47. The SMILES string of the molecule is COc1ccc(Cl)c(C[C@@H](N)C(=O)O)c1F. The van der Waals surface area contributed by atoms with Crippen molar-refractivity contribution in [3.05, 3.63) is 28.5 Å². The van der Waals surface area contributed by atoms with Crippen LogP contribution in [-0.4, -0.2) is 24.2 Å². The van der Waals surface area contributed by atoms with Crippen LogP contribution >= 0.6 is 11.6 Å². The number of carboxylic acid groups (broad SMARTS) is 1. The summed E-state index contributed by atoms with van der Waals surface area (Å²) in [6.07, 6.45) is -0.183. The highest BCUT2D eigenvalue weighted by molar-refractivity contribution is 6.31.